The van der Waals surface area contributed by atoms with Crippen LogP contribution in [0.4, 0.5) is 0 Å². The molecular weight excluding hydrogens is 638 g/mol. The Bertz CT molecular complexity index is 773. The average Bonchev–Trinajstić information content (AvgIpc) is 3.11. The molecule has 0 bridgehead atoms. The Morgan fingerprint density at radius 1 is 0.620 bits per heavy atom. The Morgan fingerprint density at radius 2 is 1.04 bits per heavy atom. The third-order valence-electron chi connectivity index (χ3n) is 10.3. The maximum atomic E-state index is 12.9. The van der Waals surface area contributed by atoms with E-state index in [9.17, 15) is 35.4 Å². The molecule has 2 unspecified atom stereocenters. The van der Waals surface area contributed by atoms with Gasteiger partial charge >= 0.3 is 0 Å². The van der Waals surface area contributed by atoms with Crippen molar-refractivity contribution >= 4 is 5.91 Å². The van der Waals surface area contributed by atoms with E-state index in [1.807, 2.05) is 0 Å². The number of hydrogen-bond donors (Lipinski definition) is 7. The lowest BCUT2D eigenvalue weighted by molar-refractivity contribution is -0.303. The van der Waals surface area contributed by atoms with Crippen molar-refractivity contribution in [2.24, 2.45) is 0 Å². The highest BCUT2D eigenvalue weighted by molar-refractivity contribution is 5.76. The van der Waals surface area contributed by atoms with E-state index in [0.717, 1.165) is 44.9 Å². The molecule has 0 aliphatic carbocycles. The van der Waals surface area contributed by atoms with Crippen LogP contribution in [0.2, 0.25) is 0 Å². The van der Waals surface area contributed by atoms with Gasteiger partial charge in [-0.25, -0.2) is 0 Å². The number of rotatable bonds is 34. The maximum Gasteiger partial charge on any atom is 0.220 e. The van der Waals surface area contributed by atoms with E-state index in [-0.39, 0.29) is 18.9 Å². The van der Waals surface area contributed by atoms with Crippen LogP contribution in [0.5, 0.6) is 0 Å². The van der Waals surface area contributed by atoms with Crippen LogP contribution in [0.1, 0.15) is 187 Å². The second-order valence-electron chi connectivity index (χ2n) is 14.9. The van der Waals surface area contributed by atoms with E-state index in [2.05, 4.69) is 19.2 Å². The van der Waals surface area contributed by atoms with Crippen molar-refractivity contribution in [3.05, 3.63) is 0 Å². The van der Waals surface area contributed by atoms with Gasteiger partial charge < -0.3 is 45.4 Å². The molecule has 0 radical (unpaired) electrons. The lowest BCUT2D eigenvalue weighted by Gasteiger charge is -2.40. The zero-order valence-electron chi connectivity index (χ0n) is 32.0. The molecule has 1 rings (SSSR count). The lowest BCUT2D eigenvalue weighted by Crippen LogP contribution is -2.60. The normalized spacial score (nSPS) is 22.8. The molecule has 0 aromatic rings. The minimum atomic E-state index is -1.60. The quantitative estimate of drug-likeness (QED) is 0.0364. The number of ether oxygens (including phenoxy) is 2. The van der Waals surface area contributed by atoms with E-state index < -0.39 is 55.6 Å². The predicted molar refractivity (Wildman–Crippen MR) is 200 cm³/mol. The lowest BCUT2D eigenvalue weighted by atomic mass is 9.98. The van der Waals surface area contributed by atoms with Gasteiger partial charge in [0.15, 0.2) is 6.29 Å². The summed E-state index contributed by atoms with van der Waals surface area (Å²) in [6.45, 7) is 3.58. The van der Waals surface area contributed by atoms with Crippen molar-refractivity contribution < 1.29 is 44.9 Å². The van der Waals surface area contributed by atoms with Crippen molar-refractivity contribution in [3.63, 3.8) is 0 Å². The topological polar surface area (TPSA) is 169 Å². The Hall–Kier alpha value is -0.850. The standard InChI is InChI=1S/C40H79NO9/c1-3-5-7-9-11-13-15-17-18-20-22-24-26-28-33(43)36(45)32(31-49-40-39(48)38(47)37(46)34(30-42)50-40)41-35(44)29-27-25-23-21-19-16-14-12-10-8-6-4-2/h32-34,36-40,42-43,45-48H,3-31H2,1-2H3,(H,41,44)/t32-,33+,34+,36-,37-,38?,39?,40+/m0/s1. The third kappa shape index (κ3) is 22.3. The van der Waals surface area contributed by atoms with Gasteiger partial charge in [-0.15, -0.1) is 0 Å². The fourth-order valence-corrected chi connectivity index (χ4v) is 6.84. The molecule has 10 heteroatoms. The average molecular weight is 718 g/mol. The molecule has 1 saturated heterocycles. The van der Waals surface area contributed by atoms with Gasteiger partial charge in [0.2, 0.25) is 5.91 Å². The fourth-order valence-electron chi connectivity index (χ4n) is 6.84. The molecule has 7 N–H and O–H groups in total. The second kappa shape index (κ2) is 31.7. The Labute approximate surface area is 305 Å². The number of amides is 1. The van der Waals surface area contributed by atoms with E-state index in [4.69, 9.17) is 9.47 Å². The monoisotopic (exact) mass is 718 g/mol. The second-order valence-corrected chi connectivity index (χ2v) is 14.9. The number of hydrogen-bond acceptors (Lipinski definition) is 9. The van der Waals surface area contributed by atoms with Gasteiger partial charge in [-0.1, -0.05) is 168 Å². The van der Waals surface area contributed by atoms with Gasteiger partial charge in [-0.3, -0.25) is 4.79 Å². The summed E-state index contributed by atoms with van der Waals surface area (Å²) in [4.78, 5) is 12.9. The zero-order chi connectivity index (χ0) is 36.8. The minimum absolute atomic E-state index is 0.258. The molecule has 1 amide bonds. The van der Waals surface area contributed by atoms with Crippen molar-refractivity contribution in [1.29, 1.82) is 0 Å². The molecule has 1 aliphatic heterocycles. The molecular formula is C40H79NO9. The first kappa shape index (κ1) is 47.2. The highest BCUT2D eigenvalue weighted by Crippen LogP contribution is 2.23. The number of nitrogens with one attached hydrogen (secondary N) is 1. The number of carbonyl (C=O) groups is 1. The summed E-state index contributed by atoms with van der Waals surface area (Å²) in [5.41, 5.74) is 0. The molecule has 0 spiro atoms. The molecule has 1 aliphatic rings. The molecule has 0 aromatic heterocycles. The SMILES string of the molecule is CCCCCCCCCCCCCCC[C@@H](O)[C@@H](O)[C@H](CO[C@@H]1O[C@H](CO)[C@H](O)C(O)C1O)NC(=O)CCCCCCCCCCCCCC. The van der Waals surface area contributed by atoms with E-state index >= 15 is 0 Å². The Kier molecular flexibility index (Phi) is 29.9. The summed E-state index contributed by atoms with van der Waals surface area (Å²) in [7, 11) is 0. The van der Waals surface area contributed by atoms with Crippen LogP contribution in [0, 0.1) is 0 Å². The zero-order valence-corrected chi connectivity index (χ0v) is 32.0. The van der Waals surface area contributed by atoms with Crippen molar-refractivity contribution in [3.8, 4) is 0 Å². The third-order valence-corrected chi connectivity index (χ3v) is 10.3. The summed E-state index contributed by atoms with van der Waals surface area (Å²) < 4.78 is 11.1. The first-order chi connectivity index (χ1) is 24.3. The van der Waals surface area contributed by atoms with Crippen molar-refractivity contribution in [1.82, 2.24) is 5.32 Å². The highest BCUT2D eigenvalue weighted by atomic mass is 16.7. The highest BCUT2D eigenvalue weighted by Gasteiger charge is 2.44. The van der Waals surface area contributed by atoms with Crippen LogP contribution in [-0.4, -0.2) is 98.7 Å². The van der Waals surface area contributed by atoms with E-state index in [1.54, 1.807) is 0 Å². The smallest absolute Gasteiger partial charge is 0.220 e. The van der Waals surface area contributed by atoms with Crippen LogP contribution < -0.4 is 5.32 Å². The van der Waals surface area contributed by atoms with Crippen LogP contribution in [-0.2, 0) is 14.3 Å². The maximum absolute atomic E-state index is 12.9. The van der Waals surface area contributed by atoms with Gasteiger partial charge in [0.25, 0.3) is 0 Å². The van der Waals surface area contributed by atoms with Crippen molar-refractivity contribution in [2.75, 3.05) is 13.2 Å². The Morgan fingerprint density at radius 3 is 1.48 bits per heavy atom. The summed E-state index contributed by atoms with van der Waals surface area (Å²) in [5.74, 6) is -0.258. The van der Waals surface area contributed by atoms with Gasteiger partial charge in [-0.05, 0) is 12.8 Å². The fraction of sp³-hybridized carbons (Fsp3) is 0.975. The number of carbonyl (C=O) groups excluding carboxylic acids is 1. The summed E-state index contributed by atoms with van der Waals surface area (Å²) >= 11 is 0. The van der Waals surface area contributed by atoms with Crippen LogP contribution in [0.3, 0.4) is 0 Å². The van der Waals surface area contributed by atoms with E-state index in [0.29, 0.717) is 6.42 Å². The molecule has 10 nitrogen and oxygen atoms in total. The molecule has 0 aromatic carbocycles. The molecule has 0 saturated carbocycles. The van der Waals surface area contributed by atoms with E-state index in [1.165, 1.54) is 116 Å². The van der Waals surface area contributed by atoms with Crippen LogP contribution >= 0.6 is 0 Å². The number of aliphatic hydroxyl groups excluding tert-OH is 6. The van der Waals surface area contributed by atoms with Gasteiger partial charge in [0, 0.05) is 6.42 Å². The van der Waals surface area contributed by atoms with Crippen LogP contribution in [0.25, 0.3) is 0 Å². The largest absolute Gasteiger partial charge is 0.394 e. The minimum Gasteiger partial charge on any atom is -0.394 e. The molecule has 50 heavy (non-hydrogen) atoms. The van der Waals surface area contributed by atoms with Crippen molar-refractivity contribution in [2.45, 2.75) is 236 Å². The molecule has 298 valence electrons. The van der Waals surface area contributed by atoms with Gasteiger partial charge in [0.05, 0.1) is 25.4 Å². The molecule has 1 fully saturated rings. The van der Waals surface area contributed by atoms with Gasteiger partial charge in [0.1, 0.15) is 30.5 Å². The Balaban J connectivity index is 2.46. The molecule has 8 atom stereocenters. The van der Waals surface area contributed by atoms with Crippen LogP contribution in [0.15, 0.2) is 0 Å². The van der Waals surface area contributed by atoms with Gasteiger partial charge in [-0.2, -0.15) is 0 Å². The first-order valence-electron chi connectivity index (χ1n) is 20.8. The first-order valence-corrected chi connectivity index (χ1v) is 20.8. The predicted octanol–water partition coefficient (Wildman–Crippen LogP) is 6.58. The molecule has 1 heterocycles. The summed E-state index contributed by atoms with van der Waals surface area (Å²) in [5, 5.41) is 64.9. The number of unbranched alkanes of at least 4 members (excludes halogenated alkanes) is 23. The summed E-state index contributed by atoms with van der Waals surface area (Å²) in [6.07, 6.45) is 21.1. The number of aliphatic hydroxyl groups is 6. The summed E-state index contributed by atoms with van der Waals surface area (Å²) in [6, 6.07) is -0.982.